The second kappa shape index (κ2) is 7.01. The molecular weight excluding hydrogens is 350 g/mol. The summed E-state index contributed by atoms with van der Waals surface area (Å²) in [7, 11) is 0. The minimum absolute atomic E-state index is 0.287. The Balaban J connectivity index is 1.86. The van der Waals surface area contributed by atoms with Crippen LogP contribution in [0.2, 0.25) is 0 Å². The van der Waals surface area contributed by atoms with E-state index in [0.29, 0.717) is 33.2 Å². The van der Waals surface area contributed by atoms with E-state index in [1.165, 1.54) is 11.3 Å². The number of nitrogens with zero attached hydrogens (tertiary/aromatic N) is 1. The van der Waals surface area contributed by atoms with E-state index in [-0.39, 0.29) is 6.61 Å². The van der Waals surface area contributed by atoms with Gasteiger partial charge in [-0.3, -0.25) is 0 Å². The van der Waals surface area contributed by atoms with Gasteiger partial charge in [0.25, 0.3) is 5.19 Å². The van der Waals surface area contributed by atoms with E-state index >= 15 is 0 Å². The van der Waals surface area contributed by atoms with Gasteiger partial charge in [0, 0.05) is 22.5 Å². The molecule has 4 rings (SSSR count). The lowest BCUT2D eigenvalue weighted by molar-refractivity contribution is 0.0529. The molecule has 0 fully saturated rings. The molecule has 0 saturated heterocycles. The highest BCUT2D eigenvalue weighted by molar-refractivity contribution is 7.11. The summed E-state index contributed by atoms with van der Waals surface area (Å²) in [6.07, 6.45) is 1.67. The summed E-state index contributed by atoms with van der Waals surface area (Å²) < 4.78 is 17.0. The van der Waals surface area contributed by atoms with Crippen LogP contribution in [-0.2, 0) is 4.74 Å². The van der Waals surface area contributed by atoms with Crippen molar-refractivity contribution in [3.8, 4) is 22.3 Å². The van der Waals surface area contributed by atoms with Crippen LogP contribution >= 0.6 is 11.3 Å². The Bertz CT molecular complexity index is 1040. The highest BCUT2D eigenvalue weighted by Crippen LogP contribution is 2.37. The van der Waals surface area contributed by atoms with Crippen molar-refractivity contribution in [3.63, 3.8) is 0 Å². The number of fused-ring (bicyclic) bond motifs is 1. The van der Waals surface area contributed by atoms with Crippen molar-refractivity contribution in [2.24, 2.45) is 0 Å². The van der Waals surface area contributed by atoms with Crippen LogP contribution < -0.4 is 4.74 Å². The number of hydrogen-bond donors (Lipinski definition) is 0. The third kappa shape index (κ3) is 3.07. The van der Waals surface area contributed by atoms with Crippen LogP contribution in [0.3, 0.4) is 0 Å². The Hall–Kier alpha value is -3.12. The van der Waals surface area contributed by atoms with Crippen LogP contribution in [0.1, 0.15) is 17.3 Å². The van der Waals surface area contributed by atoms with Gasteiger partial charge >= 0.3 is 5.97 Å². The van der Waals surface area contributed by atoms with E-state index in [9.17, 15) is 4.79 Å². The maximum Gasteiger partial charge on any atom is 0.342 e. The summed E-state index contributed by atoms with van der Waals surface area (Å²) in [6, 6.07) is 14.9. The predicted molar refractivity (Wildman–Crippen MR) is 99.8 cm³/mol. The first-order valence-electron chi connectivity index (χ1n) is 8.12. The SMILES string of the molecule is CCOC(=O)c1c(-c2ccccc2)oc2ccc(Oc3nccs3)cc12. The number of rotatable bonds is 5. The average molecular weight is 365 g/mol. The third-order valence-electron chi connectivity index (χ3n) is 3.79. The lowest BCUT2D eigenvalue weighted by Gasteiger charge is -2.04. The Kier molecular flexibility index (Phi) is 4.41. The number of ether oxygens (including phenoxy) is 2. The highest BCUT2D eigenvalue weighted by atomic mass is 32.1. The van der Waals surface area contributed by atoms with Crippen LogP contribution in [0.15, 0.2) is 64.5 Å². The fourth-order valence-corrected chi connectivity index (χ4v) is 3.20. The van der Waals surface area contributed by atoms with Gasteiger partial charge in [-0.25, -0.2) is 9.78 Å². The van der Waals surface area contributed by atoms with E-state index in [2.05, 4.69) is 4.98 Å². The smallest absolute Gasteiger partial charge is 0.342 e. The van der Waals surface area contributed by atoms with Crippen molar-refractivity contribution in [2.75, 3.05) is 6.61 Å². The summed E-state index contributed by atoms with van der Waals surface area (Å²) >= 11 is 1.40. The Morgan fingerprint density at radius 2 is 2.04 bits per heavy atom. The molecule has 0 aliphatic carbocycles. The molecule has 0 bridgehead atoms. The average Bonchev–Trinajstić information content (AvgIpc) is 3.30. The topological polar surface area (TPSA) is 61.6 Å². The molecule has 2 aromatic carbocycles. The lowest BCUT2D eigenvalue weighted by Crippen LogP contribution is -2.05. The number of carbonyl (C=O) groups is 1. The minimum atomic E-state index is -0.420. The van der Waals surface area contributed by atoms with E-state index in [1.807, 2.05) is 35.7 Å². The van der Waals surface area contributed by atoms with Crippen LogP contribution in [0.4, 0.5) is 0 Å². The second-order valence-electron chi connectivity index (χ2n) is 5.45. The quantitative estimate of drug-likeness (QED) is 0.435. The van der Waals surface area contributed by atoms with Crippen LogP contribution in [0.5, 0.6) is 10.9 Å². The molecule has 0 saturated carbocycles. The predicted octanol–water partition coefficient (Wildman–Crippen LogP) is 5.53. The summed E-state index contributed by atoms with van der Waals surface area (Å²) in [5.41, 5.74) is 1.81. The number of thiazole rings is 1. The molecule has 0 N–H and O–H groups in total. The molecular formula is C20H15NO4S. The van der Waals surface area contributed by atoms with Crippen molar-refractivity contribution in [1.82, 2.24) is 4.98 Å². The van der Waals surface area contributed by atoms with Crippen molar-refractivity contribution >= 4 is 28.3 Å². The Morgan fingerprint density at radius 3 is 2.77 bits per heavy atom. The largest absolute Gasteiger partial charge is 0.462 e. The molecule has 26 heavy (non-hydrogen) atoms. The van der Waals surface area contributed by atoms with Crippen molar-refractivity contribution < 1.29 is 18.7 Å². The minimum Gasteiger partial charge on any atom is -0.462 e. The molecule has 2 heterocycles. The number of hydrogen-bond acceptors (Lipinski definition) is 6. The molecule has 0 radical (unpaired) electrons. The zero-order chi connectivity index (χ0) is 17.9. The van der Waals surface area contributed by atoms with E-state index in [0.717, 1.165) is 5.56 Å². The zero-order valence-corrected chi connectivity index (χ0v) is 14.8. The van der Waals surface area contributed by atoms with Gasteiger partial charge in [0.05, 0.1) is 6.61 Å². The van der Waals surface area contributed by atoms with Gasteiger partial charge in [-0.05, 0) is 25.1 Å². The molecule has 0 spiro atoms. The third-order valence-corrected chi connectivity index (χ3v) is 4.44. The Labute approximate surface area is 153 Å². The van der Waals surface area contributed by atoms with Gasteiger partial charge in [-0.15, -0.1) is 0 Å². The van der Waals surface area contributed by atoms with E-state index in [4.69, 9.17) is 13.9 Å². The Morgan fingerprint density at radius 1 is 1.19 bits per heavy atom. The van der Waals surface area contributed by atoms with Crippen LogP contribution in [0, 0.1) is 0 Å². The molecule has 5 nitrogen and oxygen atoms in total. The van der Waals surface area contributed by atoms with Crippen molar-refractivity contribution in [2.45, 2.75) is 6.92 Å². The number of benzene rings is 2. The molecule has 6 heteroatoms. The second-order valence-corrected chi connectivity index (χ2v) is 6.31. The maximum absolute atomic E-state index is 12.6. The van der Waals surface area contributed by atoms with Crippen LogP contribution in [0.25, 0.3) is 22.3 Å². The van der Waals surface area contributed by atoms with Gasteiger partial charge in [0.1, 0.15) is 22.7 Å². The highest BCUT2D eigenvalue weighted by Gasteiger charge is 2.23. The first-order valence-corrected chi connectivity index (χ1v) is 9.00. The van der Waals surface area contributed by atoms with Gasteiger partial charge < -0.3 is 13.9 Å². The molecule has 4 aromatic rings. The van der Waals surface area contributed by atoms with Gasteiger partial charge in [0.15, 0.2) is 0 Å². The molecule has 0 aliphatic rings. The number of carbonyl (C=O) groups excluding carboxylic acids is 1. The molecule has 2 aromatic heterocycles. The van der Waals surface area contributed by atoms with Gasteiger partial charge in [0.2, 0.25) is 0 Å². The first kappa shape index (κ1) is 16.4. The first-order chi connectivity index (χ1) is 12.8. The van der Waals surface area contributed by atoms with Gasteiger partial charge in [-0.2, -0.15) is 0 Å². The normalized spacial score (nSPS) is 10.8. The summed E-state index contributed by atoms with van der Waals surface area (Å²) in [4.78, 5) is 16.7. The monoisotopic (exact) mass is 365 g/mol. The zero-order valence-electron chi connectivity index (χ0n) is 14.0. The molecule has 0 unspecified atom stereocenters. The van der Waals surface area contributed by atoms with Crippen molar-refractivity contribution in [3.05, 3.63) is 65.7 Å². The molecule has 0 atom stereocenters. The number of aromatic nitrogens is 1. The molecule has 0 aliphatic heterocycles. The maximum atomic E-state index is 12.6. The number of furan rings is 1. The fourth-order valence-electron chi connectivity index (χ4n) is 2.70. The van der Waals surface area contributed by atoms with Crippen LogP contribution in [-0.4, -0.2) is 17.6 Å². The molecule has 130 valence electrons. The van der Waals surface area contributed by atoms with Crippen molar-refractivity contribution in [1.29, 1.82) is 0 Å². The fraction of sp³-hybridized carbons (Fsp3) is 0.100. The summed E-state index contributed by atoms with van der Waals surface area (Å²) in [5.74, 6) is 0.653. The standard InChI is InChI=1S/C20H15NO4S/c1-2-23-19(22)17-15-12-14(24-20-21-10-11-26-20)8-9-16(15)25-18(17)13-6-4-3-5-7-13/h3-12H,2H2,1H3. The summed E-state index contributed by atoms with van der Waals surface area (Å²) in [6.45, 7) is 2.06. The van der Waals surface area contributed by atoms with Gasteiger partial charge in [-0.1, -0.05) is 41.7 Å². The summed E-state index contributed by atoms with van der Waals surface area (Å²) in [5, 5.41) is 3.02. The molecule has 0 amide bonds. The van der Waals surface area contributed by atoms with E-state index < -0.39 is 5.97 Å². The van der Waals surface area contributed by atoms with E-state index in [1.54, 1.807) is 31.3 Å². The lowest BCUT2D eigenvalue weighted by atomic mass is 10.1. The number of esters is 1.